The van der Waals surface area contributed by atoms with Crippen LogP contribution in [-0.2, 0) is 0 Å². The summed E-state index contributed by atoms with van der Waals surface area (Å²) in [6.45, 7) is 1.99. The lowest BCUT2D eigenvalue weighted by Crippen LogP contribution is -2.12. The standard InChI is InChI=1S/C16H15ClF3N/c1-2-3-15(10-4-6-11(17)7-5-10)21-16-9-13(19)12(18)8-14(16)20/h4-9,15,21H,2-3H2,1H3. The Balaban J connectivity index is 2.28. The molecule has 1 atom stereocenters. The van der Waals surface area contributed by atoms with Crippen molar-refractivity contribution in [1.29, 1.82) is 0 Å². The summed E-state index contributed by atoms with van der Waals surface area (Å²) in [5.74, 6) is -3.09. The molecule has 0 bridgehead atoms. The lowest BCUT2D eigenvalue weighted by atomic mass is 10.0. The van der Waals surface area contributed by atoms with Crippen LogP contribution >= 0.6 is 11.6 Å². The Labute approximate surface area is 126 Å². The van der Waals surface area contributed by atoms with Crippen molar-refractivity contribution in [3.63, 3.8) is 0 Å². The maximum Gasteiger partial charge on any atom is 0.161 e. The highest BCUT2D eigenvalue weighted by molar-refractivity contribution is 6.30. The van der Waals surface area contributed by atoms with Crippen LogP contribution in [0.2, 0.25) is 5.02 Å². The Morgan fingerprint density at radius 3 is 2.24 bits per heavy atom. The van der Waals surface area contributed by atoms with E-state index in [9.17, 15) is 13.2 Å². The minimum Gasteiger partial charge on any atom is -0.376 e. The van der Waals surface area contributed by atoms with Crippen molar-refractivity contribution in [3.05, 3.63) is 64.4 Å². The van der Waals surface area contributed by atoms with E-state index < -0.39 is 17.5 Å². The molecule has 0 aliphatic carbocycles. The fraction of sp³-hybridized carbons (Fsp3) is 0.250. The zero-order chi connectivity index (χ0) is 15.4. The van der Waals surface area contributed by atoms with Crippen LogP contribution in [0.1, 0.15) is 31.4 Å². The van der Waals surface area contributed by atoms with Crippen molar-refractivity contribution < 1.29 is 13.2 Å². The molecule has 0 saturated heterocycles. The normalized spacial score (nSPS) is 12.2. The van der Waals surface area contributed by atoms with Gasteiger partial charge in [0.2, 0.25) is 0 Å². The van der Waals surface area contributed by atoms with Crippen LogP contribution in [-0.4, -0.2) is 0 Å². The van der Waals surface area contributed by atoms with E-state index in [1.807, 2.05) is 19.1 Å². The summed E-state index contributed by atoms with van der Waals surface area (Å²) in [4.78, 5) is 0. The summed E-state index contributed by atoms with van der Waals surface area (Å²) in [6.07, 6.45) is 1.58. The molecule has 0 spiro atoms. The molecule has 0 aliphatic rings. The Kier molecular flexibility index (Phi) is 5.12. The number of rotatable bonds is 5. The highest BCUT2D eigenvalue weighted by Crippen LogP contribution is 2.27. The molecule has 0 aromatic heterocycles. The summed E-state index contributed by atoms with van der Waals surface area (Å²) in [7, 11) is 0. The molecule has 21 heavy (non-hydrogen) atoms. The molecule has 0 aliphatic heterocycles. The topological polar surface area (TPSA) is 12.0 Å². The van der Waals surface area contributed by atoms with E-state index in [4.69, 9.17) is 11.6 Å². The summed E-state index contributed by atoms with van der Waals surface area (Å²) >= 11 is 5.85. The molecule has 5 heteroatoms. The van der Waals surface area contributed by atoms with Gasteiger partial charge >= 0.3 is 0 Å². The van der Waals surface area contributed by atoms with E-state index in [1.165, 1.54) is 0 Å². The van der Waals surface area contributed by atoms with Crippen LogP contribution in [0.5, 0.6) is 0 Å². The molecule has 0 fully saturated rings. The van der Waals surface area contributed by atoms with Crippen molar-refractivity contribution in [2.45, 2.75) is 25.8 Å². The number of anilines is 1. The lowest BCUT2D eigenvalue weighted by Gasteiger charge is -2.20. The van der Waals surface area contributed by atoms with Gasteiger partial charge in [-0.25, -0.2) is 13.2 Å². The molecule has 2 rings (SSSR count). The van der Waals surface area contributed by atoms with Gasteiger partial charge < -0.3 is 5.32 Å². The van der Waals surface area contributed by atoms with Gasteiger partial charge in [0.25, 0.3) is 0 Å². The van der Waals surface area contributed by atoms with Crippen molar-refractivity contribution >= 4 is 17.3 Å². The minimum atomic E-state index is -1.20. The minimum absolute atomic E-state index is 0.0534. The van der Waals surface area contributed by atoms with E-state index in [2.05, 4.69) is 5.32 Å². The average Bonchev–Trinajstić information content (AvgIpc) is 2.45. The van der Waals surface area contributed by atoms with Gasteiger partial charge in [-0.2, -0.15) is 0 Å². The number of benzene rings is 2. The van der Waals surface area contributed by atoms with Gasteiger partial charge in [-0.15, -0.1) is 0 Å². The summed E-state index contributed by atoms with van der Waals surface area (Å²) in [5, 5.41) is 3.53. The van der Waals surface area contributed by atoms with Gasteiger partial charge in [0, 0.05) is 17.2 Å². The molecule has 112 valence electrons. The predicted molar refractivity (Wildman–Crippen MR) is 79.0 cm³/mol. The first-order valence-electron chi connectivity index (χ1n) is 6.67. The molecule has 1 nitrogen and oxygen atoms in total. The molecule has 1 N–H and O–H groups in total. The van der Waals surface area contributed by atoms with Crippen molar-refractivity contribution in [1.82, 2.24) is 0 Å². The van der Waals surface area contributed by atoms with Gasteiger partial charge in [-0.1, -0.05) is 37.1 Å². The van der Waals surface area contributed by atoms with Gasteiger partial charge in [-0.05, 0) is 24.1 Å². The fourth-order valence-corrected chi connectivity index (χ4v) is 2.25. The molecule has 2 aromatic carbocycles. The summed E-state index contributed by atoms with van der Waals surface area (Å²) in [5.41, 5.74) is 0.854. The maximum atomic E-state index is 13.7. The SMILES string of the molecule is CCCC(Nc1cc(F)c(F)cc1F)c1ccc(Cl)cc1. The van der Waals surface area contributed by atoms with Gasteiger partial charge in [0.15, 0.2) is 11.6 Å². The van der Waals surface area contributed by atoms with E-state index in [0.29, 0.717) is 11.1 Å². The highest BCUT2D eigenvalue weighted by atomic mass is 35.5. The largest absolute Gasteiger partial charge is 0.376 e. The second kappa shape index (κ2) is 6.85. The van der Waals surface area contributed by atoms with Crippen LogP contribution in [0.3, 0.4) is 0 Å². The zero-order valence-electron chi connectivity index (χ0n) is 11.5. The van der Waals surface area contributed by atoms with E-state index >= 15 is 0 Å². The third-order valence-electron chi connectivity index (χ3n) is 3.19. The zero-order valence-corrected chi connectivity index (χ0v) is 12.2. The first kappa shape index (κ1) is 15.7. The smallest absolute Gasteiger partial charge is 0.161 e. The Morgan fingerprint density at radius 2 is 1.62 bits per heavy atom. The Hall–Kier alpha value is -1.68. The van der Waals surface area contributed by atoms with E-state index in [0.717, 1.165) is 24.5 Å². The number of nitrogens with one attached hydrogen (secondary N) is 1. The summed E-state index contributed by atoms with van der Waals surface area (Å²) in [6, 6.07) is 8.31. The van der Waals surface area contributed by atoms with Gasteiger partial charge in [0.1, 0.15) is 5.82 Å². The second-order valence-electron chi connectivity index (χ2n) is 4.78. The Bertz CT molecular complexity index is 614. The molecule has 0 radical (unpaired) electrons. The van der Waals surface area contributed by atoms with Crippen LogP contribution in [0, 0.1) is 17.5 Å². The molecule has 1 unspecified atom stereocenters. The Morgan fingerprint density at radius 1 is 1.00 bits per heavy atom. The molecular weight excluding hydrogens is 299 g/mol. The van der Waals surface area contributed by atoms with Crippen LogP contribution < -0.4 is 5.32 Å². The maximum absolute atomic E-state index is 13.7. The molecule has 2 aromatic rings. The fourth-order valence-electron chi connectivity index (χ4n) is 2.13. The summed E-state index contributed by atoms with van der Waals surface area (Å²) < 4.78 is 39.9. The van der Waals surface area contributed by atoms with Crippen molar-refractivity contribution in [2.24, 2.45) is 0 Å². The predicted octanol–water partition coefficient (Wildman–Crippen LogP) is 5.71. The third kappa shape index (κ3) is 3.91. The van der Waals surface area contributed by atoms with Gasteiger partial charge in [-0.3, -0.25) is 0 Å². The highest BCUT2D eigenvalue weighted by Gasteiger charge is 2.15. The first-order chi connectivity index (χ1) is 10.0. The number of hydrogen-bond acceptors (Lipinski definition) is 1. The second-order valence-corrected chi connectivity index (χ2v) is 5.22. The van der Waals surface area contributed by atoms with Crippen molar-refractivity contribution in [2.75, 3.05) is 5.32 Å². The number of hydrogen-bond donors (Lipinski definition) is 1. The molecule has 0 saturated carbocycles. The third-order valence-corrected chi connectivity index (χ3v) is 3.44. The van der Waals surface area contributed by atoms with Gasteiger partial charge in [0.05, 0.1) is 11.7 Å². The van der Waals surface area contributed by atoms with Crippen LogP contribution in [0.25, 0.3) is 0 Å². The molecule has 0 amide bonds. The molecule has 0 heterocycles. The van der Waals surface area contributed by atoms with E-state index in [-0.39, 0.29) is 11.7 Å². The quantitative estimate of drug-likeness (QED) is 0.697. The van der Waals surface area contributed by atoms with E-state index in [1.54, 1.807) is 12.1 Å². The monoisotopic (exact) mass is 313 g/mol. The first-order valence-corrected chi connectivity index (χ1v) is 7.05. The van der Waals surface area contributed by atoms with Crippen molar-refractivity contribution in [3.8, 4) is 0 Å². The van der Waals surface area contributed by atoms with Crippen LogP contribution in [0.15, 0.2) is 36.4 Å². The lowest BCUT2D eigenvalue weighted by molar-refractivity contribution is 0.495. The average molecular weight is 314 g/mol. The number of halogens is 4. The van der Waals surface area contributed by atoms with Crippen LogP contribution in [0.4, 0.5) is 18.9 Å². The molecular formula is C16H15ClF3N.